The molecule has 0 unspecified atom stereocenters. The van der Waals surface area contributed by atoms with E-state index in [-0.39, 0.29) is 18.2 Å². The monoisotopic (exact) mass is 374 g/mol. The first-order chi connectivity index (χ1) is 12.3. The summed E-state index contributed by atoms with van der Waals surface area (Å²) < 4.78 is 12.0. The summed E-state index contributed by atoms with van der Waals surface area (Å²) in [5, 5.41) is 0.988. The van der Waals surface area contributed by atoms with E-state index < -0.39 is 17.9 Å². The number of primary amides is 1. The summed E-state index contributed by atoms with van der Waals surface area (Å²) in [6.07, 6.45) is 1.23. The minimum Gasteiger partial charge on any atom is -0.484 e. The number of aromatic nitrogens is 2. The van der Waals surface area contributed by atoms with E-state index in [9.17, 15) is 9.59 Å². The Morgan fingerprint density at radius 3 is 2.88 bits per heavy atom. The number of likely N-dealkylation sites (N-methyl/N-ethyl adjacent to an activating group) is 1. The zero-order chi connectivity index (χ0) is 18.8. The number of thiazole rings is 1. The Morgan fingerprint density at radius 2 is 2.15 bits per heavy atom. The number of benzene rings is 1. The molecule has 0 fully saturated rings. The van der Waals surface area contributed by atoms with Crippen molar-refractivity contribution in [3.05, 3.63) is 41.1 Å². The largest absolute Gasteiger partial charge is 0.484 e. The number of hydrogen-bond donors (Lipinski definition) is 1. The molecule has 0 saturated heterocycles. The van der Waals surface area contributed by atoms with Gasteiger partial charge in [-0.1, -0.05) is 0 Å². The molecule has 0 bridgehead atoms. The highest BCUT2D eigenvalue weighted by Gasteiger charge is 2.24. The average molecular weight is 374 g/mol. The lowest BCUT2D eigenvalue weighted by Gasteiger charge is -2.20. The van der Waals surface area contributed by atoms with Crippen LogP contribution in [0.15, 0.2) is 28.9 Å². The lowest BCUT2D eigenvalue weighted by molar-refractivity contribution is -0.121. The molecule has 0 radical (unpaired) electrons. The van der Waals surface area contributed by atoms with Crippen molar-refractivity contribution >= 4 is 33.4 Å². The van der Waals surface area contributed by atoms with E-state index in [2.05, 4.69) is 9.97 Å². The fraction of sp³-hybridized carbons (Fsp3) is 0.294. The molecule has 0 aliphatic carbocycles. The number of rotatable bonds is 6. The molecular formula is C17H18N4O4S. The van der Waals surface area contributed by atoms with E-state index in [1.54, 1.807) is 18.3 Å². The highest BCUT2D eigenvalue weighted by Crippen LogP contribution is 2.26. The molecule has 0 aliphatic heterocycles. The molecule has 3 rings (SSSR count). The lowest BCUT2D eigenvalue weighted by Crippen LogP contribution is -2.43. The minimum atomic E-state index is -0.743. The second kappa shape index (κ2) is 7.12. The fourth-order valence-corrected chi connectivity index (χ4v) is 3.09. The number of carbonyl (C=O) groups excluding carboxylic acids is 2. The van der Waals surface area contributed by atoms with Crippen LogP contribution in [-0.4, -0.2) is 39.8 Å². The molecule has 8 nitrogen and oxygen atoms in total. The Bertz CT molecular complexity index is 965. The van der Waals surface area contributed by atoms with Crippen molar-refractivity contribution in [3.63, 3.8) is 0 Å². The van der Waals surface area contributed by atoms with Gasteiger partial charge in [-0.3, -0.25) is 9.59 Å². The summed E-state index contributed by atoms with van der Waals surface area (Å²) in [6.45, 7) is 3.56. The van der Waals surface area contributed by atoms with Gasteiger partial charge in [-0.2, -0.15) is 0 Å². The zero-order valence-electron chi connectivity index (χ0n) is 14.6. The van der Waals surface area contributed by atoms with Crippen LogP contribution in [-0.2, 0) is 11.4 Å². The zero-order valence-corrected chi connectivity index (χ0v) is 15.4. The van der Waals surface area contributed by atoms with Crippen molar-refractivity contribution in [2.45, 2.75) is 26.5 Å². The van der Waals surface area contributed by atoms with Crippen molar-refractivity contribution in [1.29, 1.82) is 0 Å². The maximum Gasteiger partial charge on any atom is 0.276 e. The summed E-state index contributed by atoms with van der Waals surface area (Å²) in [5.41, 5.74) is 6.17. The molecule has 0 spiro atoms. The lowest BCUT2D eigenvalue weighted by atomic mass is 10.2. The van der Waals surface area contributed by atoms with Gasteiger partial charge in [0.2, 0.25) is 11.8 Å². The van der Waals surface area contributed by atoms with E-state index >= 15 is 0 Å². The van der Waals surface area contributed by atoms with Gasteiger partial charge < -0.3 is 19.8 Å². The van der Waals surface area contributed by atoms with Gasteiger partial charge in [-0.15, -0.1) is 11.3 Å². The van der Waals surface area contributed by atoms with Crippen LogP contribution in [0.5, 0.6) is 5.75 Å². The Labute approximate surface area is 153 Å². The second-order valence-corrected chi connectivity index (χ2v) is 7.01. The van der Waals surface area contributed by atoms with Crippen molar-refractivity contribution in [3.8, 4) is 5.75 Å². The summed E-state index contributed by atoms with van der Waals surface area (Å²) in [4.78, 5) is 33.2. The Balaban J connectivity index is 1.66. The number of amides is 2. The average Bonchev–Trinajstić information content (AvgIpc) is 3.22. The van der Waals surface area contributed by atoms with Crippen molar-refractivity contribution in [2.24, 2.45) is 5.73 Å². The summed E-state index contributed by atoms with van der Waals surface area (Å²) in [5.74, 6) is -0.164. The second-order valence-electron chi connectivity index (χ2n) is 5.77. The molecule has 2 amide bonds. The molecule has 9 heteroatoms. The normalized spacial score (nSPS) is 12.1. The molecule has 2 heterocycles. The van der Waals surface area contributed by atoms with Crippen LogP contribution in [0, 0.1) is 6.92 Å². The molecule has 3 aromatic rings. The minimum absolute atomic E-state index is 0.0665. The Kier molecular flexibility index (Phi) is 4.90. The molecule has 1 atom stereocenters. The molecular weight excluding hydrogens is 356 g/mol. The number of nitrogens with zero attached hydrogens (tertiary/aromatic N) is 3. The first-order valence-electron chi connectivity index (χ1n) is 7.86. The van der Waals surface area contributed by atoms with E-state index in [4.69, 9.17) is 14.9 Å². The van der Waals surface area contributed by atoms with Gasteiger partial charge in [0.25, 0.3) is 5.91 Å². The standard InChI is InChI=1S/C17H18N4O4S/c1-9(16(18)22)21(3)17(23)13-7-25-15(20-13)8-24-11-4-5-14-12(6-11)19-10(2)26-14/h4-7,9H,8H2,1-3H3,(H2,18,22)/t9-/m1/s1. The van der Waals surface area contributed by atoms with Gasteiger partial charge in [0.1, 0.15) is 18.1 Å². The highest BCUT2D eigenvalue weighted by molar-refractivity contribution is 7.18. The predicted molar refractivity (Wildman–Crippen MR) is 95.9 cm³/mol. The van der Waals surface area contributed by atoms with Gasteiger partial charge in [0.15, 0.2) is 12.3 Å². The summed E-state index contributed by atoms with van der Waals surface area (Å²) >= 11 is 1.62. The van der Waals surface area contributed by atoms with E-state index in [1.165, 1.54) is 18.2 Å². The summed E-state index contributed by atoms with van der Waals surface area (Å²) in [7, 11) is 1.48. The Morgan fingerprint density at radius 1 is 1.38 bits per heavy atom. The van der Waals surface area contributed by atoms with Crippen molar-refractivity contribution in [2.75, 3.05) is 7.05 Å². The molecule has 2 aromatic heterocycles. The Hall–Kier alpha value is -2.94. The number of fused-ring (bicyclic) bond motifs is 1. The maximum atomic E-state index is 12.3. The van der Waals surface area contributed by atoms with Crippen LogP contribution in [0.3, 0.4) is 0 Å². The number of hydrogen-bond acceptors (Lipinski definition) is 7. The van der Waals surface area contributed by atoms with E-state index in [1.807, 2.05) is 25.1 Å². The summed E-state index contributed by atoms with van der Waals surface area (Å²) in [6, 6.07) is 4.89. The smallest absolute Gasteiger partial charge is 0.276 e. The van der Waals surface area contributed by atoms with E-state index in [0.717, 1.165) is 15.2 Å². The molecule has 2 N–H and O–H groups in total. The number of oxazole rings is 1. The van der Waals surface area contributed by atoms with Gasteiger partial charge in [-0.05, 0) is 26.0 Å². The predicted octanol–water partition coefficient (Wildman–Crippen LogP) is 2.12. The molecule has 0 aliphatic rings. The molecule has 1 aromatic carbocycles. The first-order valence-corrected chi connectivity index (χ1v) is 8.67. The van der Waals surface area contributed by atoms with Crippen molar-refractivity contribution in [1.82, 2.24) is 14.9 Å². The maximum absolute atomic E-state index is 12.3. The highest BCUT2D eigenvalue weighted by atomic mass is 32.1. The van der Waals surface area contributed by atoms with Crippen LogP contribution in [0.1, 0.15) is 28.3 Å². The van der Waals surface area contributed by atoms with Gasteiger partial charge in [0, 0.05) is 13.1 Å². The quantitative estimate of drug-likeness (QED) is 0.707. The third kappa shape index (κ3) is 3.67. The van der Waals surface area contributed by atoms with Crippen LogP contribution >= 0.6 is 11.3 Å². The topological polar surface area (TPSA) is 112 Å². The van der Waals surface area contributed by atoms with Crippen LogP contribution in [0.4, 0.5) is 0 Å². The number of carbonyl (C=O) groups is 2. The fourth-order valence-electron chi connectivity index (χ4n) is 2.28. The van der Waals surface area contributed by atoms with Gasteiger partial charge >= 0.3 is 0 Å². The van der Waals surface area contributed by atoms with Crippen LogP contribution < -0.4 is 10.5 Å². The third-order valence-corrected chi connectivity index (χ3v) is 4.86. The molecule has 26 heavy (non-hydrogen) atoms. The molecule has 136 valence electrons. The molecule has 0 saturated carbocycles. The van der Waals surface area contributed by atoms with Crippen LogP contribution in [0.25, 0.3) is 10.2 Å². The number of nitrogens with two attached hydrogens (primary N) is 1. The van der Waals surface area contributed by atoms with E-state index in [0.29, 0.717) is 5.75 Å². The SMILES string of the molecule is Cc1nc2cc(OCc3nc(C(=O)N(C)[C@H](C)C(N)=O)co3)ccc2s1. The van der Waals surface area contributed by atoms with Gasteiger partial charge in [-0.25, -0.2) is 9.97 Å². The van der Waals surface area contributed by atoms with Gasteiger partial charge in [0.05, 0.1) is 15.2 Å². The van der Waals surface area contributed by atoms with Crippen molar-refractivity contribution < 1.29 is 18.7 Å². The number of ether oxygens (including phenoxy) is 1. The first kappa shape index (κ1) is 17.9. The van der Waals surface area contributed by atoms with Crippen LogP contribution in [0.2, 0.25) is 0 Å². The number of aryl methyl sites for hydroxylation is 1. The third-order valence-electron chi connectivity index (χ3n) is 3.91.